The van der Waals surface area contributed by atoms with E-state index >= 15 is 0 Å². The number of benzene rings is 3. The van der Waals surface area contributed by atoms with E-state index in [1.54, 1.807) is 75.4 Å². The summed E-state index contributed by atoms with van der Waals surface area (Å²) in [6.45, 7) is 7.42. The van der Waals surface area contributed by atoms with Gasteiger partial charge in [-0.05, 0) is 87.9 Å². The Balaban J connectivity index is 1.63. The SMILES string of the molecule is Cc1cc(N)c2cc(NC(=O)c3ccccc3CN(C(=O)OC(C)(C)C)c3ccc(Cl)cc3)ccc2n1. The van der Waals surface area contributed by atoms with Gasteiger partial charge in [0.2, 0.25) is 0 Å². The molecule has 2 amide bonds. The van der Waals surface area contributed by atoms with Gasteiger partial charge in [-0.15, -0.1) is 0 Å². The van der Waals surface area contributed by atoms with Gasteiger partial charge in [-0.2, -0.15) is 0 Å². The molecule has 37 heavy (non-hydrogen) atoms. The van der Waals surface area contributed by atoms with Crippen LogP contribution in [0.15, 0.2) is 72.8 Å². The van der Waals surface area contributed by atoms with Crippen LogP contribution in [0.5, 0.6) is 0 Å². The molecule has 0 spiro atoms. The number of aromatic nitrogens is 1. The molecule has 3 N–H and O–H groups in total. The molecule has 1 heterocycles. The number of ether oxygens (including phenoxy) is 1. The van der Waals surface area contributed by atoms with Gasteiger partial charge in [0, 0.05) is 38.7 Å². The summed E-state index contributed by atoms with van der Waals surface area (Å²) in [6.07, 6.45) is -0.530. The normalized spacial score (nSPS) is 11.3. The van der Waals surface area contributed by atoms with Crippen LogP contribution >= 0.6 is 11.6 Å². The van der Waals surface area contributed by atoms with Crippen LogP contribution in [-0.2, 0) is 11.3 Å². The first-order chi connectivity index (χ1) is 17.5. The average Bonchev–Trinajstić information content (AvgIpc) is 2.82. The second kappa shape index (κ2) is 10.5. The Morgan fingerprint density at radius 2 is 1.73 bits per heavy atom. The molecule has 4 rings (SSSR count). The number of nitrogens with one attached hydrogen (secondary N) is 1. The van der Waals surface area contributed by atoms with Crippen molar-refractivity contribution in [3.8, 4) is 0 Å². The van der Waals surface area contributed by atoms with E-state index < -0.39 is 11.7 Å². The summed E-state index contributed by atoms with van der Waals surface area (Å²) in [5, 5.41) is 4.26. The first-order valence-corrected chi connectivity index (χ1v) is 12.2. The topological polar surface area (TPSA) is 97.6 Å². The minimum Gasteiger partial charge on any atom is -0.443 e. The number of carbonyl (C=O) groups is 2. The lowest BCUT2D eigenvalue weighted by Crippen LogP contribution is -2.37. The molecule has 0 unspecified atom stereocenters. The smallest absolute Gasteiger partial charge is 0.415 e. The summed E-state index contributed by atoms with van der Waals surface area (Å²) in [7, 11) is 0. The monoisotopic (exact) mass is 516 g/mol. The van der Waals surface area contributed by atoms with Crippen molar-refractivity contribution >= 4 is 51.6 Å². The lowest BCUT2D eigenvalue weighted by atomic mass is 10.1. The molecule has 4 aromatic rings. The Hall–Kier alpha value is -4.10. The number of carbonyl (C=O) groups excluding carboxylic acids is 2. The first-order valence-electron chi connectivity index (χ1n) is 11.8. The summed E-state index contributed by atoms with van der Waals surface area (Å²) in [5.41, 5.74) is 9.93. The van der Waals surface area contributed by atoms with Crippen molar-refractivity contribution in [1.29, 1.82) is 0 Å². The van der Waals surface area contributed by atoms with E-state index in [-0.39, 0.29) is 12.5 Å². The highest BCUT2D eigenvalue weighted by molar-refractivity contribution is 6.30. The number of rotatable bonds is 5. The maximum Gasteiger partial charge on any atom is 0.415 e. The quantitative estimate of drug-likeness (QED) is 0.298. The van der Waals surface area contributed by atoms with Crippen molar-refractivity contribution in [2.45, 2.75) is 39.8 Å². The van der Waals surface area contributed by atoms with Crippen molar-refractivity contribution in [1.82, 2.24) is 4.98 Å². The van der Waals surface area contributed by atoms with Crippen molar-refractivity contribution in [2.24, 2.45) is 0 Å². The lowest BCUT2D eigenvalue weighted by molar-refractivity contribution is 0.0577. The number of nitrogens with zero attached hydrogens (tertiary/aromatic N) is 2. The van der Waals surface area contributed by atoms with Gasteiger partial charge in [-0.1, -0.05) is 29.8 Å². The largest absolute Gasteiger partial charge is 0.443 e. The van der Waals surface area contributed by atoms with Crippen LogP contribution in [-0.4, -0.2) is 22.6 Å². The predicted molar refractivity (Wildman–Crippen MR) is 149 cm³/mol. The zero-order chi connectivity index (χ0) is 26.7. The van der Waals surface area contributed by atoms with E-state index in [1.807, 2.05) is 25.1 Å². The first kappa shape index (κ1) is 26.0. The molecule has 1 aromatic heterocycles. The van der Waals surface area contributed by atoms with E-state index in [4.69, 9.17) is 22.1 Å². The number of halogens is 1. The standard InChI is InChI=1S/C29H29ClN4O3/c1-18-15-25(31)24-16-21(11-14-26(24)32-18)33-27(35)23-8-6-5-7-19(23)17-34(28(36)37-29(2,3)4)22-12-9-20(30)10-13-22/h5-16H,17H2,1-4H3,(H2,31,32)(H,33,35). The number of amides is 2. The lowest BCUT2D eigenvalue weighted by Gasteiger charge is -2.28. The van der Waals surface area contributed by atoms with Crippen LogP contribution in [0.2, 0.25) is 5.02 Å². The number of nitrogens with two attached hydrogens (primary N) is 1. The summed E-state index contributed by atoms with van der Waals surface area (Å²) >= 11 is 6.06. The molecule has 0 fully saturated rings. The van der Waals surface area contributed by atoms with Gasteiger partial charge in [-0.25, -0.2) is 4.79 Å². The van der Waals surface area contributed by atoms with Crippen LogP contribution in [0.25, 0.3) is 10.9 Å². The van der Waals surface area contributed by atoms with Gasteiger partial charge in [0.05, 0.1) is 12.1 Å². The molecular weight excluding hydrogens is 488 g/mol. The molecular formula is C29H29ClN4O3. The second-order valence-corrected chi connectivity index (χ2v) is 10.2. The highest BCUT2D eigenvalue weighted by Gasteiger charge is 2.25. The molecule has 8 heteroatoms. The molecule has 0 atom stereocenters. The fraction of sp³-hybridized carbons (Fsp3) is 0.207. The highest BCUT2D eigenvalue weighted by atomic mass is 35.5. The molecule has 0 saturated heterocycles. The average molecular weight is 517 g/mol. The third-order valence-electron chi connectivity index (χ3n) is 5.57. The maximum absolute atomic E-state index is 13.4. The second-order valence-electron chi connectivity index (χ2n) is 9.74. The number of hydrogen-bond acceptors (Lipinski definition) is 5. The van der Waals surface area contributed by atoms with Crippen molar-refractivity contribution in [3.63, 3.8) is 0 Å². The number of hydrogen-bond donors (Lipinski definition) is 2. The van der Waals surface area contributed by atoms with E-state index in [0.29, 0.717) is 33.2 Å². The molecule has 0 radical (unpaired) electrons. The number of nitrogen functional groups attached to an aromatic ring is 1. The highest BCUT2D eigenvalue weighted by Crippen LogP contribution is 2.26. The Morgan fingerprint density at radius 1 is 1.03 bits per heavy atom. The minimum absolute atomic E-state index is 0.119. The number of aryl methyl sites for hydroxylation is 1. The van der Waals surface area contributed by atoms with Crippen LogP contribution in [0.4, 0.5) is 21.9 Å². The Kier molecular flexibility index (Phi) is 7.36. The van der Waals surface area contributed by atoms with E-state index in [0.717, 1.165) is 16.6 Å². The zero-order valence-electron chi connectivity index (χ0n) is 21.2. The minimum atomic E-state index is -0.690. The van der Waals surface area contributed by atoms with Crippen LogP contribution in [0, 0.1) is 6.92 Å². The van der Waals surface area contributed by atoms with Crippen LogP contribution < -0.4 is 16.0 Å². The van der Waals surface area contributed by atoms with Crippen molar-refractivity contribution in [3.05, 3.63) is 94.6 Å². The molecule has 0 aliphatic rings. The van der Waals surface area contributed by atoms with Gasteiger partial charge in [0.25, 0.3) is 5.91 Å². The summed E-state index contributed by atoms with van der Waals surface area (Å²) in [6, 6.07) is 21.2. The van der Waals surface area contributed by atoms with E-state index in [9.17, 15) is 9.59 Å². The Bertz CT molecular complexity index is 1460. The molecule has 3 aromatic carbocycles. The van der Waals surface area contributed by atoms with Gasteiger partial charge in [-0.3, -0.25) is 14.7 Å². The Morgan fingerprint density at radius 3 is 2.43 bits per heavy atom. The molecule has 7 nitrogen and oxygen atoms in total. The zero-order valence-corrected chi connectivity index (χ0v) is 22.0. The van der Waals surface area contributed by atoms with Gasteiger partial charge >= 0.3 is 6.09 Å². The van der Waals surface area contributed by atoms with Crippen LogP contribution in [0.3, 0.4) is 0 Å². The number of pyridine rings is 1. The molecule has 0 aliphatic heterocycles. The van der Waals surface area contributed by atoms with Gasteiger partial charge in [0.1, 0.15) is 5.60 Å². The number of fused-ring (bicyclic) bond motifs is 1. The third kappa shape index (κ3) is 6.37. The van der Waals surface area contributed by atoms with E-state index in [2.05, 4.69) is 10.3 Å². The van der Waals surface area contributed by atoms with E-state index in [1.165, 1.54) is 4.90 Å². The number of anilines is 3. The summed E-state index contributed by atoms with van der Waals surface area (Å²) < 4.78 is 5.65. The third-order valence-corrected chi connectivity index (χ3v) is 5.82. The molecule has 0 saturated carbocycles. The fourth-order valence-corrected chi connectivity index (χ4v) is 4.04. The fourth-order valence-electron chi connectivity index (χ4n) is 3.92. The van der Waals surface area contributed by atoms with Crippen molar-refractivity contribution in [2.75, 3.05) is 16.0 Å². The molecule has 0 aliphatic carbocycles. The van der Waals surface area contributed by atoms with Crippen LogP contribution in [0.1, 0.15) is 42.4 Å². The summed E-state index contributed by atoms with van der Waals surface area (Å²) in [4.78, 5) is 32.5. The van der Waals surface area contributed by atoms with Gasteiger partial charge in [0.15, 0.2) is 0 Å². The van der Waals surface area contributed by atoms with Gasteiger partial charge < -0.3 is 15.8 Å². The van der Waals surface area contributed by atoms with Crippen molar-refractivity contribution < 1.29 is 14.3 Å². The maximum atomic E-state index is 13.4. The summed E-state index contributed by atoms with van der Waals surface area (Å²) in [5.74, 6) is -0.311. The molecule has 0 bridgehead atoms. The predicted octanol–water partition coefficient (Wildman–Crippen LogP) is 6.97. The molecule has 190 valence electrons. The Labute approximate surface area is 221 Å².